The van der Waals surface area contributed by atoms with E-state index in [1.807, 2.05) is 11.8 Å². The Kier molecular flexibility index (Phi) is 3.24. The van der Waals surface area contributed by atoms with Crippen molar-refractivity contribution < 1.29 is 4.52 Å². The number of benzene rings is 1. The van der Waals surface area contributed by atoms with Gasteiger partial charge in [-0.15, -0.1) is 0 Å². The van der Waals surface area contributed by atoms with Gasteiger partial charge in [0.15, 0.2) is 5.82 Å². The van der Waals surface area contributed by atoms with Gasteiger partial charge in [0.1, 0.15) is 0 Å². The Morgan fingerprint density at radius 2 is 2.00 bits per heavy atom. The van der Waals surface area contributed by atoms with Crippen LogP contribution in [0.3, 0.4) is 0 Å². The average Bonchev–Trinajstić information content (AvgIpc) is 3.14. The van der Waals surface area contributed by atoms with Crippen LogP contribution in [0, 0.1) is 0 Å². The Bertz CT molecular complexity index is 582. The number of hydrogen-bond donors (Lipinski definition) is 1. The zero-order chi connectivity index (χ0) is 13.4. The van der Waals surface area contributed by atoms with Gasteiger partial charge in [0, 0.05) is 24.0 Å². The van der Waals surface area contributed by atoms with Gasteiger partial charge < -0.3 is 9.84 Å². The molecule has 4 nitrogen and oxygen atoms in total. The Morgan fingerprint density at radius 3 is 2.70 bits per heavy atom. The van der Waals surface area contributed by atoms with E-state index in [2.05, 4.69) is 39.7 Å². The first-order valence-corrected chi connectivity index (χ1v) is 8.27. The van der Waals surface area contributed by atoms with Crippen molar-refractivity contribution in [3.05, 3.63) is 47.1 Å². The van der Waals surface area contributed by atoms with Gasteiger partial charge in [0.05, 0.1) is 6.04 Å². The first kappa shape index (κ1) is 12.4. The molecule has 2 aliphatic rings. The molecule has 0 bridgehead atoms. The highest BCUT2D eigenvalue weighted by Crippen LogP contribution is 2.33. The second-order valence-corrected chi connectivity index (χ2v) is 6.60. The molecule has 1 unspecified atom stereocenters. The second-order valence-electron chi connectivity index (χ2n) is 5.45. The van der Waals surface area contributed by atoms with Crippen LogP contribution in [0.25, 0.3) is 0 Å². The first-order chi connectivity index (χ1) is 9.90. The molecule has 0 amide bonds. The van der Waals surface area contributed by atoms with Crippen LogP contribution in [0.2, 0.25) is 0 Å². The fourth-order valence-corrected chi connectivity index (χ4v) is 3.95. The van der Waals surface area contributed by atoms with Crippen molar-refractivity contribution in [1.29, 1.82) is 0 Å². The molecule has 104 valence electrons. The molecule has 1 saturated heterocycles. The van der Waals surface area contributed by atoms with Crippen LogP contribution < -0.4 is 5.32 Å². The minimum atomic E-state index is 0.221. The van der Waals surface area contributed by atoms with Crippen molar-refractivity contribution in [3.63, 3.8) is 0 Å². The van der Waals surface area contributed by atoms with Gasteiger partial charge in [-0.3, -0.25) is 0 Å². The molecule has 0 radical (unpaired) electrons. The Labute approximate surface area is 122 Å². The van der Waals surface area contributed by atoms with Gasteiger partial charge >= 0.3 is 0 Å². The lowest BCUT2D eigenvalue weighted by Gasteiger charge is -2.19. The fraction of sp³-hybridized carbons (Fsp3) is 0.467. The van der Waals surface area contributed by atoms with E-state index in [0.717, 1.165) is 42.6 Å². The molecule has 1 aliphatic carbocycles. The number of thioether (sulfide) groups is 1. The van der Waals surface area contributed by atoms with E-state index in [1.165, 1.54) is 11.1 Å². The van der Waals surface area contributed by atoms with Gasteiger partial charge in [-0.1, -0.05) is 29.4 Å². The van der Waals surface area contributed by atoms with Crippen LogP contribution in [-0.2, 0) is 12.8 Å². The molecule has 1 atom stereocenters. The summed E-state index contributed by atoms with van der Waals surface area (Å²) < 4.78 is 5.48. The molecular weight excluding hydrogens is 270 g/mol. The third-order valence-corrected chi connectivity index (χ3v) is 5.16. The predicted molar refractivity (Wildman–Crippen MR) is 79.0 cm³/mol. The standard InChI is InChI=1S/C15H17N3OS/c1-2-4-11-8-12(7-10(11)3-1)14-17-15(19-18-14)13-9-20-6-5-16-13/h1-4,12-13,16H,5-9H2. The van der Waals surface area contributed by atoms with Crippen LogP contribution in [0.5, 0.6) is 0 Å². The van der Waals surface area contributed by atoms with Crippen LogP contribution in [0.4, 0.5) is 0 Å². The summed E-state index contributed by atoms with van der Waals surface area (Å²) in [7, 11) is 0. The summed E-state index contributed by atoms with van der Waals surface area (Å²) >= 11 is 1.94. The summed E-state index contributed by atoms with van der Waals surface area (Å²) in [5.74, 6) is 4.18. The molecule has 2 aromatic rings. The number of rotatable bonds is 2. The monoisotopic (exact) mass is 287 g/mol. The van der Waals surface area contributed by atoms with Crippen LogP contribution in [-0.4, -0.2) is 28.2 Å². The van der Waals surface area contributed by atoms with E-state index in [1.54, 1.807) is 0 Å². The normalized spacial score (nSPS) is 22.9. The lowest BCUT2D eigenvalue weighted by molar-refractivity contribution is 0.337. The molecule has 0 spiro atoms. The quantitative estimate of drug-likeness (QED) is 0.918. The maximum Gasteiger partial charge on any atom is 0.244 e. The number of nitrogens with one attached hydrogen (secondary N) is 1. The number of nitrogens with zero attached hydrogens (tertiary/aromatic N) is 2. The lowest BCUT2D eigenvalue weighted by atomic mass is 10.1. The summed E-state index contributed by atoms with van der Waals surface area (Å²) in [5.41, 5.74) is 2.85. The van der Waals surface area contributed by atoms with Gasteiger partial charge in [-0.2, -0.15) is 16.7 Å². The molecule has 1 aliphatic heterocycles. The summed E-state index contributed by atoms with van der Waals surface area (Å²) in [6, 6.07) is 8.84. The minimum absolute atomic E-state index is 0.221. The highest BCUT2D eigenvalue weighted by molar-refractivity contribution is 7.99. The Morgan fingerprint density at radius 1 is 1.20 bits per heavy atom. The SMILES string of the molecule is c1ccc2c(c1)CC(c1noc(C3CSCCN3)n1)C2. The maximum absolute atomic E-state index is 5.48. The van der Waals surface area contributed by atoms with Gasteiger partial charge in [-0.05, 0) is 24.0 Å². The van der Waals surface area contributed by atoms with E-state index in [4.69, 9.17) is 4.52 Å². The molecule has 1 N–H and O–H groups in total. The average molecular weight is 287 g/mol. The third-order valence-electron chi connectivity index (χ3n) is 4.09. The maximum atomic E-state index is 5.48. The molecule has 1 aromatic heterocycles. The van der Waals surface area contributed by atoms with Crippen molar-refractivity contribution in [2.75, 3.05) is 18.1 Å². The van der Waals surface area contributed by atoms with Crippen molar-refractivity contribution >= 4 is 11.8 Å². The zero-order valence-corrected chi connectivity index (χ0v) is 12.0. The molecular formula is C15H17N3OS. The number of fused-ring (bicyclic) bond motifs is 1. The zero-order valence-electron chi connectivity index (χ0n) is 11.2. The smallest absolute Gasteiger partial charge is 0.244 e. The fourth-order valence-electron chi connectivity index (χ4n) is 3.02. The van der Waals surface area contributed by atoms with E-state index in [0.29, 0.717) is 5.92 Å². The number of aromatic nitrogens is 2. The predicted octanol–water partition coefficient (Wildman–Crippen LogP) is 2.33. The van der Waals surface area contributed by atoms with Crippen molar-refractivity contribution in [1.82, 2.24) is 15.5 Å². The Hall–Kier alpha value is -1.33. The van der Waals surface area contributed by atoms with Gasteiger partial charge in [0.25, 0.3) is 0 Å². The summed E-state index contributed by atoms with van der Waals surface area (Å²) in [6.45, 7) is 1.02. The molecule has 1 aromatic carbocycles. The van der Waals surface area contributed by atoms with Crippen molar-refractivity contribution in [3.8, 4) is 0 Å². The second kappa shape index (κ2) is 5.22. The highest BCUT2D eigenvalue weighted by Gasteiger charge is 2.28. The minimum Gasteiger partial charge on any atom is -0.338 e. The molecule has 0 saturated carbocycles. The van der Waals surface area contributed by atoms with Crippen molar-refractivity contribution in [2.45, 2.75) is 24.8 Å². The van der Waals surface area contributed by atoms with Crippen LogP contribution >= 0.6 is 11.8 Å². The molecule has 5 heteroatoms. The third kappa shape index (κ3) is 2.25. The molecule has 1 fully saturated rings. The van der Waals surface area contributed by atoms with Crippen molar-refractivity contribution in [2.24, 2.45) is 0 Å². The number of hydrogen-bond acceptors (Lipinski definition) is 5. The summed E-state index contributed by atoms with van der Waals surface area (Å²) in [4.78, 5) is 4.65. The Balaban J connectivity index is 1.52. The van der Waals surface area contributed by atoms with Crippen LogP contribution in [0.15, 0.2) is 28.8 Å². The van der Waals surface area contributed by atoms with E-state index in [-0.39, 0.29) is 6.04 Å². The van der Waals surface area contributed by atoms with Gasteiger partial charge in [-0.25, -0.2) is 0 Å². The summed E-state index contributed by atoms with van der Waals surface area (Å²) in [5, 5.41) is 7.66. The van der Waals surface area contributed by atoms with E-state index in [9.17, 15) is 0 Å². The van der Waals surface area contributed by atoms with E-state index < -0.39 is 0 Å². The molecule has 4 rings (SSSR count). The first-order valence-electron chi connectivity index (χ1n) is 7.11. The highest BCUT2D eigenvalue weighted by atomic mass is 32.2. The van der Waals surface area contributed by atoms with Crippen LogP contribution in [0.1, 0.15) is 34.8 Å². The van der Waals surface area contributed by atoms with E-state index >= 15 is 0 Å². The lowest BCUT2D eigenvalue weighted by Crippen LogP contribution is -2.30. The molecule has 20 heavy (non-hydrogen) atoms. The largest absolute Gasteiger partial charge is 0.338 e. The molecule has 2 heterocycles. The summed E-state index contributed by atoms with van der Waals surface area (Å²) in [6.07, 6.45) is 2.06. The topological polar surface area (TPSA) is 51.0 Å². The van der Waals surface area contributed by atoms with Gasteiger partial charge in [0.2, 0.25) is 5.89 Å².